The third-order valence-electron chi connectivity index (χ3n) is 5.55. The maximum atomic E-state index is 14.7. The molecule has 1 aliphatic rings. The summed E-state index contributed by atoms with van der Waals surface area (Å²) in [5, 5.41) is 0. The number of nitrogens with zero attached hydrogens (tertiary/aromatic N) is 4. The van der Waals surface area contributed by atoms with Gasteiger partial charge in [0.2, 0.25) is 5.95 Å². The van der Waals surface area contributed by atoms with Crippen molar-refractivity contribution in [3.63, 3.8) is 0 Å². The number of fused-ring (bicyclic) bond motifs is 1. The summed E-state index contributed by atoms with van der Waals surface area (Å²) in [6.45, 7) is 4.49. The zero-order valence-corrected chi connectivity index (χ0v) is 20.2. The van der Waals surface area contributed by atoms with Crippen LogP contribution in [0.2, 0.25) is 0 Å². The molecule has 3 heterocycles. The third-order valence-corrected chi connectivity index (χ3v) is 5.94. The molecule has 1 aromatic carbocycles. The Bertz CT molecular complexity index is 1530. The second-order valence-electron chi connectivity index (χ2n) is 9.11. The summed E-state index contributed by atoms with van der Waals surface area (Å²) >= 11 is 0. The molecule has 0 amide bonds. The number of anilines is 1. The van der Waals surface area contributed by atoms with E-state index in [2.05, 4.69) is 20.4 Å². The van der Waals surface area contributed by atoms with Gasteiger partial charge in [0.05, 0.1) is 17.6 Å². The standard InChI is InChI=1S/C23H24F2N6O3S/c1-12(2)11-31-22-18(27-23(31)30-34-35(3,32)33)9-8-17(26-22)20-19(28-21(29-20)13-4-5-13)15-7-6-14(24)10-16(15)25/h6-10,12-13H,4-5,11H2,1-3H3,(H,27,30)(H,28,29). The largest absolute Gasteiger partial charge is 0.340 e. The summed E-state index contributed by atoms with van der Waals surface area (Å²) in [4.78, 5) is 17.1. The molecule has 0 radical (unpaired) electrons. The Kier molecular flexibility index (Phi) is 5.80. The zero-order chi connectivity index (χ0) is 24.9. The van der Waals surface area contributed by atoms with Gasteiger partial charge in [0.15, 0.2) is 5.65 Å². The van der Waals surface area contributed by atoms with E-state index in [1.165, 1.54) is 12.1 Å². The number of benzene rings is 1. The molecule has 35 heavy (non-hydrogen) atoms. The fraction of sp³-hybridized carbons (Fsp3) is 0.348. The summed E-state index contributed by atoms with van der Waals surface area (Å²) in [5.74, 6) is 0.00558. The summed E-state index contributed by atoms with van der Waals surface area (Å²) in [6.07, 6.45) is 2.90. The Hall–Kier alpha value is -3.38. The van der Waals surface area contributed by atoms with Gasteiger partial charge in [-0.2, -0.15) is 8.42 Å². The first-order valence-corrected chi connectivity index (χ1v) is 13.0. The Morgan fingerprint density at radius 2 is 1.94 bits per heavy atom. The normalized spacial score (nSPS) is 14.2. The van der Waals surface area contributed by atoms with Crippen molar-refractivity contribution in [1.82, 2.24) is 24.5 Å². The summed E-state index contributed by atoms with van der Waals surface area (Å²) in [5.41, 5.74) is 4.94. The summed E-state index contributed by atoms with van der Waals surface area (Å²) in [7, 11) is -3.76. The van der Waals surface area contributed by atoms with E-state index in [0.717, 1.165) is 31.0 Å². The molecule has 184 valence electrons. The first kappa shape index (κ1) is 23.4. The van der Waals surface area contributed by atoms with Gasteiger partial charge in [0.1, 0.15) is 28.7 Å². The molecule has 2 N–H and O–H groups in total. The molecule has 5 rings (SSSR count). The van der Waals surface area contributed by atoms with Crippen LogP contribution in [-0.2, 0) is 20.9 Å². The van der Waals surface area contributed by atoms with Gasteiger partial charge in [-0.3, -0.25) is 4.57 Å². The summed E-state index contributed by atoms with van der Waals surface area (Å²) in [6, 6.07) is 6.86. The molecule has 1 fully saturated rings. The number of halogens is 2. The highest BCUT2D eigenvalue weighted by molar-refractivity contribution is 7.86. The van der Waals surface area contributed by atoms with Gasteiger partial charge in [0, 0.05) is 24.1 Å². The highest BCUT2D eigenvalue weighted by Gasteiger charge is 2.30. The van der Waals surface area contributed by atoms with Crippen molar-refractivity contribution in [2.45, 2.75) is 39.2 Å². The van der Waals surface area contributed by atoms with Crippen LogP contribution in [0.3, 0.4) is 0 Å². The van der Waals surface area contributed by atoms with Gasteiger partial charge < -0.3 is 4.98 Å². The second-order valence-corrected chi connectivity index (χ2v) is 10.7. The van der Waals surface area contributed by atoms with E-state index in [0.29, 0.717) is 34.8 Å². The molecule has 0 spiro atoms. The second kappa shape index (κ2) is 8.68. The quantitative estimate of drug-likeness (QED) is 0.338. The van der Waals surface area contributed by atoms with Gasteiger partial charge >= 0.3 is 0 Å². The number of pyridine rings is 1. The Balaban J connectivity index is 1.64. The molecule has 12 heteroatoms. The lowest BCUT2D eigenvalue weighted by Gasteiger charge is -2.12. The average Bonchev–Trinajstić information content (AvgIpc) is 3.45. The highest BCUT2D eigenvalue weighted by atomic mass is 32.2. The Morgan fingerprint density at radius 1 is 1.17 bits per heavy atom. The number of nitrogens with one attached hydrogen (secondary N) is 2. The van der Waals surface area contributed by atoms with Gasteiger partial charge in [-0.05, 0) is 43.0 Å². The molecule has 1 aliphatic carbocycles. The number of hydrogen-bond donors (Lipinski definition) is 2. The lowest BCUT2D eigenvalue weighted by molar-refractivity contribution is 0.385. The van der Waals surface area contributed by atoms with Crippen molar-refractivity contribution in [2.24, 2.45) is 5.92 Å². The van der Waals surface area contributed by atoms with Crippen LogP contribution in [0.15, 0.2) is 30.3 Å². The monoisotopic (exact) mass is 502 g/mol. The number of H-pyrrole nitrogens is 1. The minimum atomic E-state index is -3.76. The number of rotatable bonds is 8. The van der Waals surface area contributed by atoms with Crippen LogP contribution in [0.25, 0.3) is 33.8 Å². The first-order chi connectivity index (χ1) is 16.6. The molecular formula is C23H24F2N6O3S. The van der Waals surface area contributed by atoms with E-state index in [1.54, 1.807) is 16.7 Å². The van der Waals surface area contributed by atoms with Gasteiger partial charge in [-0.25, -0.2) is 29.2 Å². The van der Waals surface area contributed by atoms with Crippen LogP contribution < -0.4 is 5.48 Å². The molecule has 0 unspecified atom stereocenters. The molecule has 4 aromatic rings. The van der Waals surface area contributed by atoms with E-state index in [9.17, 15) is 17.2 Å². The SMILES string of the molecule is CC(C)Cn1c(NOS(C)(=O)=O)nc2ccc(-c3[nH]c(C4CC4)nc3-c3ccc(F)cc3F)nc21. The van der Waals surface area contributed by atoms with Crippen LogP contribution in [0, 0.1) is 17.6 Å². The van der Waals surface area contributed by atoms with E-state index in [-0.39, 0.29) is 23.3 Å². The van der Waals surface area contributed by atoms with Crippen LogP contribution in [0.1, 0.15) is 38.4 Å². The van der Waals surface area contributed by atoms with Gasteiger partial charge in [0.25, 0.3) is 10.1 Å². The van der Waals surface area contributed by atoms with Crippen molar-refractivity contribution in [2.75, 3.05) is 11.7 Å². The number of imidazole rings is 2. The van der Waals surface area contributed by atoms with Gasteiger partial charge in [-0.15, -0.1) is 4.28 Å². The molecule has 0 bridgehead atoms. The predicted octanol–water partition coefficient (Wildman–Crippen LogP) is 4.60. The number of hydrogen-bond acceptors (Lipinski definition) is 7. The van der Waals surface area contributed by atoms with E-state index >= 15 is 0 Å². The molecule has 1 saturated carbocycles. The maximum absolute atomic E-state index is 14.7. The third kappa shape index (κ3) is 4.89. The number of aromatic amines is 1. The van der Waals surface area contributed by atoms with Gasteiger partial charge in [-0.1, -0.05) is 13.8 Å². The van der Waals surface area contributed by atoms with E-state index < -0.39 is 21.8 Å². The topological polar surface area (TPSA) is 115 Å². The highest BCUT2D eigenvalue weighted by Crippen LogP contribution is 2.42. The Labute approximate surface area is 200 Å². The molecule has 0 aliphatic heterocycles. The van der Waals surface area contributed by atoms with Crippen LogP contribution >= 0.6 is 0 Å². The lowest BCUT2D eigenvalue weighted by Crippen LogP contribution is -2.15. The average molecular weight is 503 g/mol. The Morgan fingerprint density at radius 3 is 2.60 bits per heavy atom. The van der Waals surface area contributed by atoms with Crippen LogP contribution in [0.4, 0.5) is 14.7 Å². The first-order valence-electron chi connectivity index (χ1n) is 11.2. The lowest BCUT2D eigenvalue weighted by atomic mass is 10.1. The van der Waals surface area contributed by atoms with E-state index in [4.69, 9.17) is 9.27 Å². The van der Waals surface area contributed by atoms with Crippen LogP contribution in [0.5, 0.6) is 0 Å². The van der Waals surface area contributed by atoms with E-state index in [1.807, 2.05) is 13.8 Å². The van der Waals surface area contributed by atoms with Crippen molar-refractivity contribution < 1.29 is 21.5 Å². The van der Waals surface area contributed by atoms with Crippen LogP contribution in [-0.4, -0.2) is 39.2 Å². The van der Waals surface area contributed by atoms with Crippen molar-refractivity contribution in [3.8, 4) is 22.6 Å². The van der Waals surface area contributed by atoms with Crippen molar-refractivity contribution in [1.29, 1.82) is 0 Å². The van der Waals surface area contributed by atoms with Crippen molar-refractivity contribution in [3.05, 3.63) is 47.8 Å². The fourth-order valence-corrected chi connectivity index (χ4v) is 4.10. The van der Waals surface area contributed by atoms with Crippen molar-refractivity contribution >= 4 is 27.2 Å². The molecular weight excluding hydrogens is 478 g/mol. The summed E-state index contributed by atoms with van der Waals surface area (Å²) < 4.78 is 57.7. The number of aromatic nitrogens is 5. The molecule has 3 aromatic heterocycles. The molecule has 0 saturated heterocycles. The zero-order valence-electron chi connectivity index (χ0n) is 19.3. The smallest absolute Gasteiger partial charge is 0.285 e. The molecule has 0 atom stereocenters. The molecule has 9 nitrogen and oxygen atoms in total. The predicted molar refractivity (Wildman–Crippen MR) is 127 cm³/mol. The minimum Gasteiger partial charge on any atom is -0.340 e. The fourth-order valence-electron chi connectivity index (χ4n) is 3.87. The minimum absolute atomic E-state index is 0.172. The maximum Gasteiger partial charge on any atom is 0.285 e.